The molecular weight excluding hydrogens is 404 g/mol. The Morgan fingerprint density at radius 1 is 0.848 bits per heavy atom. The van der Waals surface area contributed by atoms with Gasteiger partial charge in [0.1, 0.15) is 0 Å². The van der Waals surface area contributed by atoms with E-state index in [-0.39, 0.29) is 5.92 Å². The molecule has 0 aliphatic carbocycles. The highest BCUT2D eigenvalue weighted by molar-refractivity contribution is 5.79. The van der Waals surface area contributed by atoms with Crippen molar-refractivity contribution in [2.45, 2.75) is 38.6 Å². The number of benzene rings is 3. The van der Waals surface area contributed by atoms with Crippen molar-refractivity contribution in [3.8, 4) is 0 Å². The summed E-state index contributed by atoms with van der Waals surface area (Å²) in [5, 5.41) is 0. The van der Waals surface area contributed by atoms with Crippen molar-refractivity contribution < 1.29 is 4.79 Å². The Morgan fingerprint density at radius 2 is 1.39 bits per heavy atom. The molecular formula is C30H36N2O. The van der Waals surface area contributed by atoms with E-state index in [0.717, 1.165) is 45.4 Å². The highest BCUT2D eigenvalue weighted by Gasteiger charge is 2.29. The lowest BCUT2D eigenvalue weighted by Crippen LogP contribution is -2.43. The lowest BCUT2D eigenvalue weighted by Gasteiger charge is -2.35. The van der Waals surface area contributed by atoms with Crippen LogP contribution in [0.5, 0.6) is 0 Å². The fourth-order valence-electron chi connectivity index (χ4n) is 4.87. The molecule has 0 radical (unpaired) electrons. The van der Waals surface area contributed by atoms with Crippen molar-refractivity contribution in [1.82, 2.24) is 9.80 Å². The summed E-state index contributed by atoms with van der Waals surface area (Å²) < 4.78 is 0. The maximum Gasteiger partial charge on any atom is 0.226 e. The van der Waals surface area contributed by atoms with E-state index in [1.807, 2.05) is 12.1 Å². The summed E-state index contributed by atoms with van der Waals surface area (Å²) >= 11 is 0. The van der Waals surface area contributed by atoms with Crippen LogP contribution < -0.4 is 0 Å². The van der Waals surface area contributed by atoms with Crippen LogP contribution >= 0.6 is 0 Å². The zero-order valence-electron chi connectivity index (χ0n) is 19.8. The molecule has 1 aliphatic rings. The van der Waals surface area contributed by atoms with E-state index >= 15 is 0 Å². The standard InChI is InChI=1S/C30H36N2O/c1-25(28-15-9-4-10-16-28)23-31-20-18-29(19-21-31)30(33)32(24-27-13-7-3-8-14-27)22-17-26-11-5-2-6-12-26/h2-16,25,29H,17-24H2,1H3. The van der Waals surface area contributed by atoms with Crippen molar-refractivity contribution in [2.75, 3.05) is 26.2 Å². The van der Waals surface area contributed by atoms with Gasteiger partial charge in [0.2, 0.25) is 5.91 Å². The average Bonchev–Trinajstić information content (AvgIpc) is 2.88. The van der Waals surface area contributed by atoms with Crippen LogP contribution in [0.4, 0.5) is 0 Å². The quantitative estimate of drug-likeness (QED) is 0.421. The van der Waals surface area contributed by atoms with Crippen LogP contribution in [0.3, 0.4) is 0 Å². The first-order valence-electron chi connectivity index (χ1n) is 12.3. The van der Waals surface area contributed by atoms with E-state index in [0.29, 0.717) is 18.4 Å². The van der Waals surface area contributed by atoms with Crippen LogP contribution in [0.2, 0.25) is 0 Å². The van der Waals surface area contributed by atoms with E-state index in [1.165, 1.54) is 16.7 Å². The molecule has 3 aromatic rings. The summed E-state index contributed by atoms with van der Waals surface area (Å²) in [7, 11) is 0. The molecule has 3 aromatic carbocycles. The summed E-state index contributed by atoms with van der Waals surface area (Å²) in [6, 6.07) is 31.6. The summed E-state index contributed by atoms with van der Waals surface area (Å²) in [6.45, 7) is 6.84. The van der Waals surface area contributed by atoms with Crippen molar-refractivity contribution in [3.05, 3.63) is 108 Å². The molecule has 0 bridgehead atoms. The van der Waals surface area contributed by atoms with Gasteiger partial charge < -0.3 is 9.80 Å². The number of carbonyl (C=O) groups is 1. The predicted octanol–water partition coefficient (Wildman–Crippen LogP) is 5.77. The van der Waals surface area contributed by atoms with E-state index in [1.54, 1.807) is 0 Å². The molecule has 0 aromatic heterocycles. The molecule has 1 fully saturated rings. The fourth-order valence-corrected chi connectivity index (χ4v) is 4.87. The van der Waals surface area contributed by atoms with Gasteiger partial charge in [0.15, 0.2) is 0 Å². The van der Waals surface area contributed by atoms with Gasteiger partial charge in [0, 0.05) is 25.6 Å². The van der Waals surface area contributed by atoms with Gasteiger partial charge in [-0.3, -0.25) is 4.79 Å². The van der Waals surface area contributed by atoms with Gasteiger partial charge in [0.25, 0.3) is 0 Å². The predicted molar refractivity (Wildman–Crippen MR) is 136 cm³/mol. The number of amides is 1. The van der Waals surface area contributed by atoms with E-state index in [4.69, 9.17) is 0 Å². The van der Waals surface area contributed by atoms with Crippen LogP contribution in [0, 0.1) is 5.92 Å². The minimum atomic E-state index is 0.132. The van der Waals surface area contributed by atoms with Crippen LogP contribution in [0.15, 0.2) is 91.0 Å². The first kappa shape index (κ1) is 23.3. The Hall–Kier alpha value is -2.91. The second-order valence-electron chi connectivity index (χ2n) is 9.37. The minimum absolute atomic E-state index is 0.132. The third-order valence-electron chi connectivity index (χ3n) is 6.88. The van der Waals surface area contributed by atoms with Crippen LogP contribution in [0.1, 0.15) is 42.4 Å². The molecule has 172 valence electrons. The molecule has 1 heterocycles. The highest BCUT2D eigenvalue weighted by Crippen LogP contribution is 2.24. The number of likely N-dealkylation sites (tertiary alicyclic amines) is 1. The molecule has 0 spiro atoms. The minimum Gasteiger partial charge on any atom is -0.338 e. The Bertz CT molecular complexity index is 966. The Morgan fingerprint density at radius 3 is 2.00 bits per heavy atom. The largest absolute Gasteiger partial charge is 0.338 e. The fraction of sp³-hybridized carbons (Fsp3) is 0.367. The first-order chi connectivity index (χ1) is 16.2. The summed E-state index contributed by atoms with van der Waals surface area (Å²) in [4.78, 5) is 18.2. The number of nitrogens with zero attached hydrogens (tertiary/aromatic N) is 2. The summed E-state index contributed by atoms with van der Waals surface area (Å²) in [6.07, 6.45) is 2.81. The number of piperidine rings is 1. The van der Waals surface area contributed by atoms with Gasteiger partial charge in [0.05, 0.1) is 0 Å². The molecule has 1 unspecified atom stereocenters. The second kappa shape index (κ2) is 11.8. The van der Waals surface area contributed by atoms with E-state index < -0.39 is 0 Å². The molecule has 0 saturated carbocycles. The molecule has 1 amide bonds. The van der Waals surface area contributed by atoms with Crippen LogP contribution in [-0.2, 0) is 17.8 Å². The lowest BCUT2D eigenvalue weighted by molar-refractivity contribution is -0.137. The number of carbonyl (C=O) groups excluding carboxylic acids is 1. The SMILES string of the molecule is CC(CN1CCC(C(=O)N(CCc2ccccc2)Cc2ccccc2)CC1)c1ccccc1. The molecule has 1 saturated heterocycles. The van der Waals surface area contributed by atoms with Gasteiger partial charge >= 0.3 is 0 Å². The number of hydrogen-bond acceptors (Lipinski definition) is 2. The Kier molecular flexibility index (Phi) is 8.32. The molecule has 33 heavy (non-hydrogen) atoms. The molecule has 4 rings (SSSR count). The van der Waals surface area contributed by atoms with Crippen molar-refractivity contribution in [3.63, 3.8) is 0 Å². The summed E-state index contributed by atoms with van der Waals surface area (Å²) in [5.41, 5.74) is 3.88. The van der Waals surface area contributed by atoms with Gasteiger partial charge in [-0.1, -0.05) is 97.9 Å². The zero-order valence-corrected chi connectivity index (χ0v) is 19.8. The normalized spacial score (nSPS) is 15.8. The van der Waals surface area contributed by atoms with Crippen LogP contribution in [0.25, 0.3) is 0 Å². The van der Waals surface area contributed by atoms with Gasteiger partial charge in [-0.15, -0.1) is 0 Å². The molecule has 1 aliphatic heterocycles. The van der Waals surface area contributed by atoms with Gasteiger partial charge in [-0.05, 0) is 55.0 Å². The second-order valence-corrected chi connectivity index (χ2v) is 9.37. The third kappa shape index (κ3) is 6.79. The maximum atomic E-state index is 13.6. The Labute approximate surface area is 199 Å². The summed E-state index contributed by atoms with van der Waals surface area (Å²) in [5.74, 6) is 0.970. The topological polar surface area (TPSA) is 23.6 Å². The third-order valence-corrected chi connectivity index (χ3v) is 6.88. The van der Waals surface area contributed by atoms with Crippen molar-refractivity contribution in [2.24, 2.45) is 5.92 Å². The van der Waals surface area contributed by atoms with E-state index in [9.17, 15) is 4.79 Å². The molecule has 0 N–H and O–H groups in total. The maximum absolute atomic E-state index is 13.6. The zero-order chi connectivity index (χ0) is 22.9. The van der Waals surface area contributed by atoms with Gasteiger partial charge in [-0.2, -0.15) is 0 Å². The number of rotatable bonds is 9. The number of hydrogen-bond donors (Lipinski definition) is 0. The smallest absolute Gasteiger partial charge is 0.226 e. The van der Waals surface area contributed by atoms with E-state index in [2.05, 4.69) is 95.6 Å². The van der Waals surface area contributed by atoms with Gasteiger partial charge in [-0.25, -0.2) is 0 Å². The van der Waals surface area contributed by atoms with Crippen molar-refractivity contribution in [1.29, 1.82) is 0 Å². The molecule has 3 heteroatoms. The lowest BCUT2D eigenvalue weighted by atomic mass is 9.93. The Balaban J connectivity index is 1.34. The van der Waals surface area contributed by atoms with Crippen molar-refractivity contribution >= 4 is 5.91 Å². The monoisotopic (exact) mass is 440 g/mol. The molecule has 1 atom stereocenters. The molecule has 3 nitrogen and oxygen atoms in total. The first-order valence-corrected chi connectivity index (χ1v) is 12.3. The highest BCUT2D eigenvalue weighted by atomic mass is 16.2. The van der Waals surface area contributed by atoms with Crippen LogP contribution in [-0.4, -0.2) is 41.9 Å². The average molecular weight is 441 g/mol.